The predicted molar refractivity (Wildman–Crippen MR) is 86.4 cm³/mol. The monoisotopic (exact) mass is 330 g/mol. The molecule has 2 aromatic carbocycles. The highest BCUT2D eigenvalue weighted by Gasteiger charge is 2.31. The SMILES string of the molecule is CC(O)(C(=O)O)c1ccccc1.O=C(O)C(=O)Cc1ccccc1. The van der Waals surface area contributed by atoms with Gasteiger partial charge in [0.15, 0.2) is 5.60 Å². The van der Waals surface area contributed by atoms with Gasteiger partial charge in [0.25, 0.3) is 0 Å². The van der Waals surface area contributed by atoms with Crippen molar-refractivity contribution in [2.45, 2.75) is 18.9 Å². The fourth-order valence-electron chi connectivity index (χ4n) is 1.74. The molecule has 0 radical (unpaired) electrons. The molecule has 24 heavy (non-hydrogen) atoms. The third-order valence-electron chi connectivity index (χ3n) is 3.20. The first-order valence-corrected chi connectivity index (χ1v) is 7.06. The minimum atomic E-state index is -1.79. The third kappa shape index (κ3) is 5.66. The summed E-state index contributed by atoms with van der Waals surface area (Å²) in [4.78, 5) is 31.4. The number of benzene rings is 2. The highest BCUT2D eigenvalue weighted by molar-refractivity contribution is 6.33. The fourth-order valence-corrected chi connectivity index (χ4v) is 1.74. The van der Waals surface area contributed by atoms with E-state index < -0.39 is 23.3 Å². The van der Waals surface area contributed by atoms with Crippen LogP contribution in [0.5, 0.6) is 0 Å². The Kier molecular flexibility index (Phi) is 6.82. The van der Waals surface area contributed by atoms with Gasteiger partial charge in [0.1, 0.15) is 0 Å². The lowest BCUT2D eigenvalue weighted by molar-refractivity contribution is -0.157. The van der Waals surface area contributed by atoms with Crippen LogP contribution in [0.1, 0.15) is 18.1 Å². The van der Waals surface area contributed by atoms with E-state index in [0.717, 1.165) is 5.56 Å². The number of aliphatic carboxylic acids is 2. The first-order valence-electron chi connectivity index (χ1n) is 7.06. The minimum Gasteiger partial charge on any atom is -0.479 e. The number of carboxylic acid groups (broad SMARTS) is 2. The highest BCUT2D eigenvalue weighted by Crippen LogP contribution is 2.19. The lowest BCUT2D eigenvalue weighted by atomic mass is 9.97. The molecule has 0 aromatic heterocycles. The molecule has 0 fully saturated rings. The number of carboxylic acids is 2. The number of ketones is 1. The zero-order valence-corrected chi connectivity index (χ0v) is 13.0. The Morgan fingerprint density at radius 3 is 1.75 bits per heavy atom. The van der Waals surface area contributed by atoms with Gasteiger partial charge in [-0.05, 0) is 18.1 Å². The summed E-state index contributed by atoms with van der Waals surface area (Å²) < 4.78 is 0. The predicted octanol–water partition coefficient (Wildman–Crippen LogP) is 1.86. The smallest absolute Gasteiger partial charge is 0.372 e. The molecule has 2 rings (SSSR count). The van der Waals surface area contributed by atoms with Gasteiger partial charge >= 0.3 is 11.9 Å². The maximum Gasteiger partial charge on any atom is 0.372 e. The van der Waals surface area contributed by atoms with E-state index in [4.69, 9.17) is 10.2 Å². The summed E-state index contributed by atoms with van der Waals surface area (Å²) in [5.74, 6) is -3.39. The van der Waals surface area contributed by atoms with Crippen LogP contribution in [-0.4, -0.2) is 33.0 Å². The molecule has 0 heterocycles. The molecule has 1 atom stereocenters. The van der Waals surface area contributed by atoms with Crippen LogP contribution in [0.25, 0.3) is 0 Å². The number of aliphatic hydroxyl groups is 1. The Balaban J connectivity index is 0.000000240. The van der Waals surface area contributed by atoms with Crippen molar-refractivity contribution < 1.29 is 29.7 Å². The number of carbonyl (C=O) groups excluding carboxylic acids is 1. The van der Waals surface area contributed by atoms with Crippen molar-refractivity contribution in [3.8, 4) is 0 Å². The molecule has 6 heteroatoms. The van der Waals surface area contributed by atoms with E-state index in [1.54, 1.807) is 54.6 Å². The Bertz CT molecular complexity index is 692. The molecule has 126 valence electrons. The number of rotatable bonds is 5. The van der Waals surface area contributed by atoms with E-state index in [1.165, 1.54) is 6.92 Å². The van der Waals surface area contributed by atoms with Gasteiger partial charge < -0.3 is 15.3 Å². The van der Waals surface area contributed by atoms with Crippen LogP contribution in [0.4, 0.5) is 0 Å². The van der Waals surface area contributed by atoms with Crippen LogP contribution in [-0.2, 0) is 26.4 Å². The molecule has 0 aliphatic carbocycles. The largest absolute Gasteiger partial charge is 0.479 e. The topological polar surface area (TPSA) is 112 Å². The van der Waals surface area contributed by atoms with Crippen LogP contribution >= 0.6 is 0 Å². The Hall–Kier alpha value is -2.99. The van der Waals surface area contributed by atoms with Gasteiger partial charge in [-0.1, -0.05) is 60.7 Å². The normalized spacial score (nSPS) is 12.2. The van der Waals surface area contributed by atoms with Crippen molar-refractivity contribution in [2.75, 3.05) is 0 Å². The molecule has 0 aliphatic heterocycles. The molecule has 0 amide bonds. The van der Waals surface area contributed by atoms with Gasteiger partial charge in [-0.15, -0.1) is 0 Å². The maximum absolute atomic E-state index is 10.7. The Morgan fingerprint density at radius 2 is 1.33 bits per heavy atom. The van der Waals surface area contributed by atoms with Crippen molar-refractivity contribution in [3.05, 3.63) is 71.8 Å². The summed E-state index contributed by atoms with van der Waals surface area (Å²) in [6.07, 6.45) is -0.0316. The Labute approximate surface area is 139 Å². The van der Waals surface area contributed by atoms with Crippen LogP contribution in [0.3, 0.4) is 0 Å². The number of hydrogen-bond acceptors (Lipinski definition) is 4. The molecule has 1 unspecified atom stereocenters. The summed E-state index contributed by atoms with van der Waals surface area (Å²) in [6, 6.07) is 17.1. The maximum atomic E-state index is 10.7. The average Bonchev–Trinajstić information content (AvgIpc) is 2.57. The van der Waals surface area contributed by atoms with E-state index in [0.29, 0.717) is 5.56 Å². The second-order valence-corrected chi connectivity index (χ2v) is 5.13. The molecule has 6 nitrogen and oxygen atoms in total. The average molecular weight is 330 g/mol. The summed E-state index contributed by atoms with van der Waals surface area (Å²) in [7, 11) is 0. The third-order valence-corrected chi connectivity index (χ3v) is 3.20. The molecule has 0 aliphatic rings. The second-order valence-electron chi connectivity index (χ2n) is 5.13. The standard InChI is InChI=1S/C9H10O3.C9H8O3/c1-9(12,8(10)11)7-5-3-2-4-6-7;10-8(9(11)12)6-7-4-2-1-3-5-7/h2-6,12H,1H3,(H,10,11);1-5H,6H2,(H,11,12). The highest BCUT2D eigenvalue weighted by atomic mass is 16.4. The van der Waals surface area contributed by atoms with Crippen molar-refractivity contribution in [1.29, 1.82) is 0 Å². The lowest BCUT2D eigenvalue weighted by Gasteiger charge is -2.17. The van der Waals surface area contributed by atoms with Crippen LogP contribution < -0.4 is 0 Å². The molecular formula is C18H18O6. The van der Waals surface area contributed by atoms with Gasteiger partial charge in [0.2, 0.25) is 5.78 Å². The van der Waals surface area contributed by atoms with Gasteiger partial charge in [-0.2, -0.15) is 0 Å². The van der Waals surface area contributed by atoms with E-state index in [9.17, 15) is 19.5 Å². The minimum absolute atomic E-state index is 0.0316. The molecule has 2 aromatic rings. The molecule has 0 spiro atoms. The molecule has 0 saturated heterocycles. The summed E-state index contributed by atoms with van der Waals surface area (Å²) in [6.45, 7) is 1.25. The molecular weight excluding hydrogens is 312 g/mol. The fraction of sp³-hybridized carbons (Fsp3) is 0.167. The number of Topliss-reactive ketones (excluding diaryl/α,β-unsaturated/α-hetero) is 1. The number of carbonyl (C=O) groups is 3. The number of hydrogen-bond donors (Lipinski definition) is 3. The van der Waals surface area contributed by atoms with Gasteiger partial charge in [0, 0.05) is 6.42 Å². The second kappa shape index (κ2) is 8.59. The first-order chi connectivity index (χ1) is 11.2. The zero-order valence-electron chi connectivity index (χ0n) is 13.0. The van der Waals surface area contributed by atoms with Gasteiger partial charge in [0.05, 0.1) is 0 Å². The molecule has 0 bridgehead atoms. The van der Waals surface area contributed by atoms with Crippen LogP contribution in [0, 0.1) is 0 Å². The van der Waals surface area contributed by atoms with Crippen molar-refractivity contribution >= 4 is 17.7 Å². The summed E-state index contributed by atoms with van der Waals surface area (Å²) in [5.41, 5.74) is -0.677. The van der Waals surface area contributed by atoms with E-state index in [2.05, 4.69) is 0 Å². The van der Waals surface area contributed by atoms with Crippen LogP contribution in [0.2, 0.25) is 0 Å². The molecule has 3 N–H and O–H groups in total. The van der Waals surface area contributed by atoms with Crippen molar-refractivity contribution in [1.82, 2.24) is 0 Å². The molecule has 0 saturated carbocycles. The Morgan fingerprint density at radius 1 is 0.875 bits per heavy atom. The van der Waals surface area contributed by atoms with E-state index in [1.807, 2.05) is 6.07 Å². The van der Waals surface area contributed by atoms with E-state index in [-0.39, 0.29) is 6.42 Å². The van der Waals surface area contributed by atoms with Crippen LogP contribution in [0.15, 0.2) is 60.7 Å². The van der Waals surface area contributed by atoms with Crippen molar-refractivity contribution in [2.24, 2.45) is 0 Å². The van der Waals surface area contributed by atoms with Gasteiger partial charge in [-0.25, -0.2) is 9.59 Å². The summed E-state index contributed by atoms with van der Waals surface area (Å²) in [5, 5.41) is 26.4. The first kappa shape index (κ1) is 19.1. The lowest BCUT2D eigenvalue weighted by Crippen LogP contribution is -2.31. The van der Waals surface area contributed by atoms with Gasteiger partial charge in [-0.3, -0.25) is 4.79 Å². The van der Waals surface area contributed by atoms with Crippen molar-refractivity contribution in [3.63, 3.8) is 0 Å². The quantitative estimate of drug-likeness (QED) is 0.722. The summed E-state index contributed by atoms with van der Waals surface area (Å²) >= 11 is 0. The zero-order chi connectivity index (χ0) is 18.2. The van der Waals surface area contributed by atoms with E-state index >= 15 is 0 Å².